The van der Waals surface area contributed by atoms with Gasteiger partial charge < -0.3 is 0 Å². The lowest BCUT2D eigenvalue weighted by Gasteiger charge is -2.07. The molecule has 0 N–H and O–H groups in total. The van der Waals surface area contributed by atoms with E-state index in [1.807, 2.05) is 17.0 Å². The van der Waals surface area contributed by atoms with Gasteiger partial charge in [-0.15, -0.1) is 0 Å². The molecule has 0 saturated carbocycles. The van der Waals surface area contributed by atoms with Crippen molar-refractivity contribution in [1.82, 2.24) is 0 Å². The molecule has 0 fully saturated rings. The van der Waals surface area contributed by atoms with E-state index in [1.165, 1.54) is 27.8 Å². The first-order chi connectivity index (χ1) is 14.6. The molecule has 0 unspecified atom stereocenters. The summed E-state index contributed by atoms with van der Waals surface area (Å²) in [5.74, 6) is 0. The van der Waals surface area contributed by atoms with Gasteiger partial charge in [0.05, 0.1) is 6.16 Å². The van der Waals surface area contributed by atoms with Gasteiger partial charge in [0.1, 0.15) is 6.54 Å². The molecule has 0 aliphatic rings. The second-order valence-electron chi connectivity index (χ2n) is 7.42. The minimum atomic E-state index is 0.192. The Bertz CT molecular complexity index is 1050. The summed E-state index contributed by atoms with van der Waals surface area (Å²) in [6, 6.07) is 12.9. The SMILES string of the molecule is CC[n+]1ccc(/C=C/c2cc(C)c(/C=C/c3cc[n+](CCP=O)cc3)cc2C)cc1. The maximum absolute atomic E-state index is 10.6. The van der Waals surface area contributed by atoms with E-state index in [2.05, 4.69) is 98.4 Å². The van der Waals surface area contributed by atoms with Gasteiger partial charge in [-0.05, 0) is 54.2 Å². The highest BCUT2D eigenvalue weighted by Gasteiger charge is 2.03. The third-order valence-electron chi connectivity index (χ3n) is 5.21. The van der Waals surface area contributed by atoms with Crippen LogP contribution in [0.3, 0.4) is 0 Å². The number of hydrogen-bond acceptors (Lipinski definition) is 1. The van der Waals surface area contributed by atoms with Gasteiger partial charge in [-0.3, -0.25) is 4.57 Å². The number of benzene rings is 1. The Morgan fingerprint density at radius 2 is 1.23 bits per heavy atom. The maximum Gasteiger partial charge on any atom is 0.169 e. The Morgan fingerprint density at radius 1 is 0.767 bits per heavy atom. The van der Waals surface area contributed by atoms with E-state index in [9.17, 15) is 4.57 Å². The van der Waals surface area contributed by atoms with Gasteiger partial charge in [0.15, 0.2) is 39.8 Å². The van der Waals surface area contributed by atoms with E-state index in [-0.39, 0.29) is 8.46 Å². The van der Waals surface area contributed by atoms with E-state index in [4.69, 9.17) is 0 Å². The van der Waals surface area contributed by atoms with Crippen molar-refractivity contribution in [3.05, 3.63) is 94.6 Å². The van der Waals surface area contributed by atoms with Gasteiger partial charge >= 0.3 is 0 Å². The van der Waals surface area contributed by atoms with Crippen LogP contribution in [0, 0.1) is 13.8 Å². The fraction of sp³-hybridized carbons (Fsp3) is 0.231. The normalized spacial score (nSPS) is 11.7. The molecule has 4 heteroatoms. The lowest BCUT2D eigenvalue weighted by Crippen LogP contribution is -2.33. The highest BCUT2D eigenvalue weighted by atomic mass is 31.1. The molecule has 152 valence electrons. The molecular weight excluding hydrogens is 387 g/mol. The maximum atomic E-state index is 10.6. The minimum Gasteiger partial charge on any atom is -0.275 e. The molecule has 0 radical (unpaired) electrons. The zero-order valence-electron chi connectivity index (χ0n) is 18.0. The first kappa shape index (κ1) is 21.8. The predicted octanol–water partition coefficient (Wildman–Crippen LogP) is 5.53. The Labute approximate surface area is 181 Å². The summed E-state index contributed by atoms with van der Waals surface area (Å²) >= 11 is 0. The van der Waals surface area contributed by atoms with Gasteiger partial charge in [0, 0.05) is 24.3 Å². The molecule has 1 aromatic carbocycles. The Hall–Kier alpha value is -2.90. The van der Waals surface area contributed by atoms with Crippen LogP contribution in [0.25, 0.3) is 24.3 Å². The lowest BCUT2D eigenvalue weighted by molar-refractivity contribution is -0.693. The van der Waals surface area contributed by atoms with Crippen molar-refractivity contribution in [2.24, 2.45) is 0 Å². The van der Waals surface area contributed by atoms with E-state index in [0.29, 0.717) is 6.16 Å². The summed E-state index contributed by atoms with van der Waals surface area (Å²) in [5.41, 5.74) is 7.36. The quantitative estimate of drug-likeness (QED) is 0.350. The summed E-state index contributed by atoms with van der Waals surface area (Å²) in [7, 11) is 0.192. The molecule has 0 atom stereocenters. The van der Waals surface area contributed by atoms with Crippen LogP contribution in [0.15, 0.2) is 61.2 Å². The molecule has 0 aliphatic heterocycles. The predicted molar refractivity (Wildman–Crippen MR) is 125 cm³/mol. The van der Waals surface area contributed by atoms with Gasteiger partial charge in [-0.1, -0.05) is 36.4 Å². The number of pyridine rings is 2. The molecule has 0 bridgehead atoms. The standard InChI is InChI=1S/C26H29N2OP/c1-4-27-13-9-23(10-14-27)5-7-25-19-22(3)26(20-21(25)2)8-6-24-11-15-28(16-12-24)17-18-30-29/h5-16,19-20H,4,17-18H2,1-3H3/q+2/b7-5+,8-6+. The van der Waals surface area contributed by atoms with Gasteiger partial charge in [-0.2, -0.15) is 0 Å². The highest BCUT2D eigenvalue weighted by molar-refractivity contribution is 7.23. The number of rotatable bonds is 8. The summed E-state index contributed by atoms with van der Waals surface area (Å²) in [4.78, 5) is 0. The van der Waals surface area contributed by atoms with Crippen LogP contribution in [-0.4, -0.2) is 6.16 Å². The fourth-order valence-corrected chi connectivity index (χ4v) is 3.58. The number of hydrogen-bond donors (Lipinski definition) is 0. The van der Waals surface area contributed by atoms with E-state index in [0.717, 1.165) is 18.7 Å². The number of aromatic nitrogens is 2. The van der Waals surface area contributed by atoms with Crippen LogP contribution >= 0.6 is 8.46 Å². The first-order valence-electron chi connectivity index (χ1n) is 10.3. The van der Waals surface area contributed by atoms with Crippen LogP contribution in [0.5, 0.6) is 0 Å². The van der Waals surface area contributed by atoms with E-state index < -0.39 is 0 Å². The summed E-state index contributed by atoms with van der Waals surface area (Å²) < 4.78 is 14.8. The largest absolute Gasteiger partial charge is 0.275 e. The second kappa shape index (κ2) is 10.8. The van der Waals surface area contributed by atoms with Crippen LogP contribution < -0.4 is 9.13 Å². The molecule has 3 nitrogen and oxygen atoms in total. The average Bonchev–Trinajstić information content (AvgIpc) is 2.78. The lowest BCUT2D eigenvalue weighted by atomic mass is 9.98. The monoisotopic (exact) mass is 416 g/mol. The van der Waals surface area contributed by atoms with Crippen molar-refractivity contribution in [3.8, 4) is 0 Å². The molecule has 3 aromatic rings. The van der Waals surface area contributed by atoms with Crippen molar-refractivity contribution < 1.29 is 13.7 Å². The summed E-state index contributed by atoms with van der Waals surface area (Å²) in [6.07, 6.45) is 17.6. The van der Waals surface area contributed by atoms with Gasteiger partial charge in [0.2, 0.25) is 0 Å². The van der Waals surface area contributed by atoms with Crippen molar-refractivity contribution in [3.63, 3.8) is 0 Å². The average molecular weight is 417 g/mol. The molecule has 2 heterocycles. The molecule has 0 saturated heterocycles. The van der Waals surface area contributed by atoms with Gasteiger partial charge in [-0.25, -0.2) is 9.13 Å². The third kappa shape index (κ3) is 6.05. The van der Waals surface area contributed by atoms with Crippen molar-refractivity contribution >= 4 is 32.8 Å². The number of nitrogens with zero attached hydrogens (tertiary/aromatic N) is 2. The molecule has 3 rings (SSSR count). The van der Waals surface area contributed by atoms with Crippen LogP contribution in [0.1, 0.15) is 40.3 Å². The Morgan fingerprint density at radius 3 is 1.67 bits per heavy atom. The fourth-order valence-electron chi connectivity index (χ4n) is 3.27. The molecule has 0 spiro atoms. The Kier molecular flexibility index (Phi) is 7.82. The Balaban J connectivity index is 1.72. The summed E-state index contributed by atoms with van der Waals surface area (Å²) in [5, 5.41) is 0. The van der Waals surface area contributed by atoms with Crippen LogP contribution in [0.4, 0.5) is 0 Å². The molecule has 0 aliphatic carbocycles. The minimum absolute atomic E-state index is 0.192. The topological polar surface area (TPSA) is 24.8 Å². The number of aryl methyl sites for hydroxylation is 4. The molecular formula is C26H29N2OP+2. The molecule has 2 aromatic heterocycles. The van der Waals surface area contributed by atoms with Gasteiger partial charge in [0.25, 0.3) is 0 Å². The highest BCUT2D eigenvalue weighted by Crippen LogP contribution is 2.20. The first-order valence-corrected chi connectivity index (χ1v) is 11.3. The van der Waals surface area contributed by atoms with E-state index >= 15 is 0 Å². The van der Waals surface area contributed by atoms with Crippen molar-refractivity contribution in [2.75, 3.05) is 6.16 Å². The third-order valence-corrected chi connectivity index (χ3v) is 5.60. The second-order valence-corrected chi connectivity index (χ2v) is 8.12. The molecule has 30 heavy (non-hydrogen) atoms. The smallest absolute Gasteiger partial charge is 0.169 e. The van der Waals surface area contributed by atoms with Crippen molar-refractivity contribution in [2.45, 2.75) is 33.9 Å². The summed E-state index contributed by atoms with van der Waals surface area (Å²) in [6.45, 7) is 8.21. The van der Waals surface area contributed by atoms with E-state index in [1.54, 1.807) is 0 Å². The van der Waals surface area contributed by atoms with Crippen LogP contribution in [-0.2, 0) is 17.7 Å². The zero-order valence-corrected chi connectivity index (χ0v) is 18.8. The van der Waals surface area contributed by atoms with Crippen LogP contribution in [0.2, 0.25) is 0 Å². The van der Waals surface area contributed by atoms with Crippen molar-refractivity contribution in [1.29, 1.82) is 0 Å². The zero-order chi connectivity index (χ0) is 21.3. The molecule has 0 amide bonds.